The Labute approximate surface area is 138 Å². The van der Waals surface area contributed by atoms with Crippen LogP contribution in [0.2, 0.25) is 10.0 Å². The van der Waals surface area contributed by atoms with Crippen molar-refractivity contribution in [1.29, 1.82) is 0 Å². The van der Waals surface area contributed by atoms with Gasteiger partial charge >= 0.3 is 0 Å². The average Bonchev–Trinajstić information content (AvgIpc) is 2.45. The van der Waals surface area contributed by atoms with Crippen molar-refractivity contribution in [3.8, 4) is 0 Å². The van der Waals surface area contributed by atoms with E-state index in [2.05, 4.69) is 5.32 Å². The van der Waals surface area contributed by atoms with E-state index >= 15 is 0 Å². The highest BCUT2D eigenvalue weighted by Crippen LogP contribution is 2.26. The lowest BCUT2D eigenvalue weighted by molar-refractivity contribution is -0.115. The first-order chi connectivity index (χ1) is 9.95. The summed E-state index contributed by atoms with van der Waals surface area (Å²) < 4.78 is 0. The van der Waals surface area contributed by atoms with E-state index in [0.717, 1.165) is 10.5 Å². The van der Waals surface area contributed by atoms with Crippen LogP contribution in [0, 0.1) is 6.92 Å². The molecule has 0 fully saturated rings. The second-order valence-electron chi connectivity index (χ2n) is 4.67. The molecule has 2 aromatic rings. The average molecular weight is 340 g/mol. The summed E-state index contributed by atoms with van der Waals surface area (Å²) in [6.45, 7) is 3.79. The number of carbonyl (C=O) groups excluding carboxylic acids is 1. The fourth-order valence-corrected chi connectivity index (χ4v) is 2.86. The number of benzene rings is 2. The molecule has 0 heterocycles. The standard InChI is InChI=1S/C16H15Cl2NOS/c1-10-3-6-13(9-15(10)18)19-16(20)11(2)21-14-7-4-12(17)5-8-14/h3-9,11H,1-2H3,(H,19,20)/t11-/m1/s1. The third-order valence-corrected chi connectivity index (χ3v) is 4.71. The second kappa shape index (κ2) is 7.21. The number of aryl methyl sites for hydroxylation is 1. The Morgan fingerprint density at radius 2 is 1.81 bits per heavy atom. The molecule has 5 heteroatoms. The number of thioether (sulfide) groups is 1. The molecule has 2 aromatic carbocycles. The molecule has 110 valence electrons. The smallest absolute Gasteiger partial charge is 0.237 e. The van der Waals surface area contributed by atoms with Crippen molar-refractivity contribution in [3.05, 3.63) is 58.1 Å². The summed E-state index contributed by atoms with van der Waals surface area (Å²) in [5, 5.41) is 3.98. The second-order valence-corrected chi connectivity index (χ2v) is 6.93. The van der Waals surface area contributed by atoms with E-state index in [0.29, 0.717) is 15.7 Å². The predicted octanol–water partition coefficient (Wildman–Crippen LogP) is 5.42. The molecule has 0 bridgehead atoms. The molecule has 0 aliphatic heterocycles. The van der Waals surface area contributed by atoms with Gasteiger partial charge in [-0.25, -0.2) is 0 Å². The van der Waals surface area contributed by atoms with Gasteiger partial charge in [-0.2, -0.15) is 0 Å². The van der Waals surface area contributed by atoms with Crippen molar-refractivity contribution < 1.29 is 4.79 Å². The largest absolute Gasteiger partial charge is 0.325 e. The van der Waals surface area contributed by atoms with Crippen LogP contribution in [0.4, 0.5) is 5.69 Å². The van der Waals surface area contributed by atoms with Gasteiger partial charge in [-0.15, -0.1) is 11.8 Å². The summed E-state index contributed by atoms with van der Waals surface area (Å²) in [6, 6.07) is 12.9. The molecule has 0 aliphatic carbocycles. The summed E-state index contributed by atoms with van der Waals surface area (Å²) in [5.74, 6) is -0.0603. The molecule has 0 aliphatic rings. The highest BCUT2D eigenvalue weighted by molar-refractivity contribution is 8.00. The number of nitrogens with one attached hydrogen (secondary N) is 1. The van der Waals surface area contributed by atoms with Gasteiger partial charge in [0.15, 0.2) is 0 Å². The van der Waals surface area contributed by atoms with Crippen molar-refractivity contribution in [1.82, 2.24) is 0 Å². The first kappa shape index (κ1) is 16.2. The SMILES string of the molecule is Cc1ccc(NC(=O)[C@@H](C)Sc2ccc(Cl)cc2)cc1Cl. The normalized spacial score (nSPS) is 12.0. The fraction of sp³-hybridized carbons (Fsp3) is 0.188. The van der Waals surface area contributed by atoms with Crippen LogP contribution in [0.25, 0.3) is 0 Å². The van der Waals surface area contributed by atoms with Crippen molar-refractivity contribution in [2.75, 3.05) is 5.32 Å². The lowest BCUT2D eigenvalue weighted by Crippen LogP contribution is -2.22. The van der Waals surface area contributed by atoms with Gasteiger partial charge in [0.05, 0.1) is 5.25 Å². The van der Waals surface area contributed by atoms with Gasteiger partial charge < -0.3 is 5.32 Å². The minimum Gasteiger partial charge on any atom is -0.325 e. The van der Waals surface area contributed by atoms with Crippen LogP contribution in [-0.2, 0) is 4.79 Å². The highest BCUT2D eigenvalue weighted by atomic mass is 35.5. The number of halogens is 2. The van der Waals surface area contributed by atoms with Gasteiger partial charge in [-0.1, -0.05) is 29.3 Å². The first-order valence-corrected chi connectivity index (χ1v) is 8.08. The van der Waals surface area contributed by atoms with E-state index < -0.39 is 0 Å². The van der Waals surface area contributed by atoms with E-state index in [1.165, 1.54) is 11.8 Å². The van der Waals surface area contributed by atoms with Gasteiger partial charge in [-0.05, 0) is 55.8 Å². The number of hydrogen-bond acceptors (Lipinski definition) is 2. The van der Waals surface area contributed by atoms with Gasteiger partial charge in [-0.3, -0.25) is 4.79 Å². The minimum absolute atomic E-state index is 0.0603. The van der Waals surface area contributed by atoms with Gasteiger partial charge in [0.2, 0.25) is 5.91 Å². The predicted molar refractivity (Wildman–Crippen MR) is 91.6 cm³/mol. The number of amides is 1. The Morgan fingerprint density at radius 3 is 2.43 bits per heavy atom. The number of anilines is 1. The van der Waals surface area contributed by atoms with Gasteiger partial charge in [0.25, 0.3) is 0 Å². The summed E-state index contributed by atoms with van der Waals surface area (Å²) >= 11 is 13.4. The van der Waals surface area contributed by atoms with E-state index in [1.54, 1.807) is 6.07 Å². The molecule has 1 N–H and O–H groups in total. The lowest BCUT2D eigenvalue weighted by atomic mass is 10.2. The lowest BCUT2D eigenvalue weighted by Gasteiger charge is -2.12. The third-order valence-electron chi connectivity index (χ3n) is 2.94. The molecule has 0 saturated carbocycles. The van der Waals surface area contributed by atoms with E-state index in [9.17, 15) is 4.79 Å². The zero-order chi connectivity index (χ0) is 15.4. The molecule has 2 nitrogen and oxygen atoms in total. The molecular weight excluding hydrogens is 325 g/mol. The monoisotopic (exact) mass is 339 g/mol. The molecule has 2 rings (SSSR count). The summed E-state index contributed by atoms with van der Waals surface area (Å²) in [5.41, 5.74) is 1.69. The van der Waals surface area contributed by atoms with Crippen LogP contribution in [0.15, 0.2) is 47.4 Å². The fourth-order valence-electron chi connectivity index (χ4n) is 1.69. The van der Waals surface area contributed by atoms with Gasteiger partial charge in [0, 0.05) is 20.6 Å². The highest BCUT2D eigenvalue weighted by Gasteiger charge is 2.14. The first-order valence-electron chi connectivity index (χ1n) is 6.45. The number of carbonyl (C=O) groups is 1. The molecule has 0 aromatic heterocycles. The number of hydrogen-bond donors (Lipinski definition) is 1. The quantitative estimate of drug-likeness (QED) is 0.753. The Morgan fingerprint density at radius 1 is 1.14 bits per heavy atom. The van der Waals surface area contributed by atoms with E-state index in [-0.39, 0.29) is 11.2 Å². The topological polar surface area (TPSA) is 29.1 Å². The third kappa shape index (κ3) is 4.67. The van der Waals surface area contributed by atoms with Gasteiger partial charge in [0.1, 0.15) is 0 Å². The van der Waals surface area contributed by atoms with E-state index in [1.807, 2.05) is 50.2 Å². The van der Waals surface area contributed by atoms with Crippen LogP contribution in [-0.4, -0.2) is 11.2 Å². The maximum atomic E-state index is 12.2. The summed E-state index contributed by atoms with van der Waals surface area (Å²) in [7, 11) is 0. The maximum Gasteiger partial charge on any atom is 0.237 e. The van der Waals surface area contributed by atoms with Crippen molar-refractivity contribution >= 4 is 46.6 Å². The van der Waals surface area contributed by atoms with Crippen LogP contribution in [0.3, 0.4) is 0 Å². The minimum atomic E-state index is -0.216. The molecule has 0 unspecified atom stereocenters. The Hall–Kier alpha value is -1.16. The molecule has 1 amide bonds. The molecule has 0 saturated heterocycles. The molecular formula is C16H15Cl2NOS. The number of rotatable bonds is 4. The summed E-state index contributed by atoms with van der Waals surface area (Å²) in [4.78, 5) is 13.2. The van der Waals surface area contributed by atoms with Crippen molar-refractivity contribution in [2.24, 2.45) is 0 Å². The van der Waals surface area contributed by atoms with Crippen LogP contribution >= 0.6 is 35.0 Å². The van der Waals surface area contributed by atoms with Crippen molar-refractivity contribution in [2.45, 2.75) is 24.0 Å². The molecule has 21 heavy (non-hydrogen) atoms. The molecule has 1 atom stereocenters. The van der Waals surface area contributed by atoms with E-state index in [4.69, 9.17) is 23.2 Å². The zero-order valence-electron chi connectivity index (χ0n) is 11.7. The van der Waals surface area contributed by atoms with Crippen molar-refractivity contribution in [3.63, 3.8) is 0 Å². The Kier molecular flexibility index (Phi) is 5.57. The van der Waals surface area contributed by atoms with Crippen LogP contribution < -0.4 is 5.32 Å². The van der Waals surface area contributed by atoms with Crippen LogP contribution in [0.5, 0.6) is 0 Å². The Balaban J connectivity index is 1.98. The summed E-state index contributed by atoms with van der Waals surface area (Å²) in [6.07, 6.45) is 0. The molecule has 0 spiro atoms. The zero-order valence-corrected chi connectivity index (χ0v) is 14.0. The Bertz CT molecular complexity index is 643. The van der Waals surface area contributed by atoms with Crippen LogP contribution in [0.1, 0.15) is 12.5 Å². The maximum absolute atomic E-state index is 12.2. The molecule has 0 radical (unpaired) electrons.